The molecule has 0 saturated carbocycles. The van der Waals surface area contributed by atoms with Crippen molar-refractivity contribution in [2.24, 2.45) is 0 Å². The third-order valence-electron chi connectivity index (χ3n) is 5.67. The lowest BCUT2D eigenvalue weighted by Crippen LogP contribution is -2.23. The maximum absolute atomic E-state index is 11.7. The van der Waals surface area contributed by atoms with E-state index >= 15 is 0 Å². The lowest BCUT2D eigenvalue weighted by molar-refractivity contribution is -0.158. The largest absolute Gasteiger partial charge is 0.455 e. The number of rotatable bonds is 12. The van der Waals surface area contributed by atoms with Gasteiger partial charge in [-0.15, -0.1) is 0 Å². The van der Waals surface area contributed by atoms with Crippen LogP contribution in [0.2, 0.25) is 0 Å². The smallest absolute Gasteiger partial charge is 0.334 e. The molecule has 5 heteroatoms. The molecule has 2 aromatic rings. The second kappa shape index (κ2) is 12.0. The fourth-order valence-electron chi connectivity index (χ4n) is 3.75. The molecule has 2 unspecified atom stereocenters. The summed E-state index contributed by atoms with van der Waals surface area (Å²) in [6, 6.07) is 15.6. The number of benzene rings is 2. The van der Waals surface area contributed by atoms with Crippen LogP contribution in [0.4, 0.5) is 0 Å². The van der Waals surface area contributed by atoms with Crippen LogP contribution in [0.5, 0.6) is 5.75 Å². The molecule has 1 aliphatic heterocycles. The first kappa shape index (κ1) is 24.3. The van der Waals surface area contributed by atoms with E-state index in [1.54, 1.807) is 0 Å². The summed E-state index contributed by atoms with van der Waals surface area (Å²) in [4.78, 5) is 23.3. The predicted molar refractivity (Wildman–Crippen MR) is 129 cm³/mol. The Kier molecular flexibility index (Phi) is 8.87. The molecule has 3 rings (SSSR count). The average molecular weight is 449 g/mol. The molecule has 5 nitrogen and oxygen atoms in total. The number of hydrogen-bond donors (Lipinski definition) is 0. The maximum atomic E-state index is 11.7. The lowest BCUT2D eigenvalue weighted by Gasteiger charge is -2.19. The highest BCUT2D eigenvalue weighted by molar-refractivity contribution is 5.90. The highest BCUT2D eigenvalue weighted by Gasteiger charge is 2.28. The Labute approximate surface area is 196 Å². The van der Waals surface area contributed by atoms with Crippen molar-refractivity contribution in [1.29, 1.82) is 0 Å². The molecule has 0 aromatic heterocycles. The first-order chi connectivity index (χ1) is 16.0. The summed E-state index contributed by atoms with van der Waals surface area (Å²) in [5.74, 6) is -0.165. The molecule has 33 heavy (non-hydrogen) atoms. The van der Waals surface area contributed by atoms with E-state index in [1.165, 1.54) is 19.3 Å². The van der Waals surface area contributed by atoms with Crippen LogP contribution in [0.15, 0.2) is 73.3 Å². The van der Waals surface area contributed by atoms with E-state index < -0.39 is 12.3 Å². The number of carbonyl (C=O) groups is 2. The van der Waals surface area contributed by atoms with Crippen LogP contribution in [-0.2, 0) is 19.1 Å². The number of ether oxygens (including phenoxy) is 3. The first-order valence-corrected chi connectivity index (χ1v) is 11.6. The first-order valence-electron chi connectivity index (χ1n) is 11.6. The molecule has 0 amide bonds. The normalized spacial score (nSPS) is 16.2. The molecular weight excluding hydrogens is 416 g/mol. The minimum Gasteiger partial charge on any atom is -0.455 e. The van der Waals surface area contributed by atoms with Gasteiger partial charge in [0.05, 0.1) is 0 Å². The van der Waals surface area contributed by atoms with Crippen LogP contribution in [0.1, 0.15) is 63.5 Å². The summed E-state index contributed by atoms with van der Waals surface area (Å²) in [5, 5.41) is 0. The Bertz CT molecular complexity index is 943. The van der Waals surface area contributed by atoms with Gasteiger partial charge >= 0.3 is 11.9 Å². The van der Waals surface area contributed by atoms with Gasteiger partial charge in [-0.3, -0.25) is 0 Å². The molecule has 1 heterocycles. The monoisotopic (exact) mass is 448 g/mol. The van der Waals surface area contributed by atoms with Gasteiger partial charge in [-0.05, 0) is 35.2 Å². The van der Waals surface area contributed by atoms with Gasteiger partial charge in [0.25, 0.3) is 0 Å². The molecule has 1 aliphatic rings. The van der Waals surface area contributed by atoms with E-state index in [1.807, 2.05) is 48.5 Å². The third-order valence-corrected chi connectivity index (χ3v) is 5.67. The van der Waals surface area contributed by atoms with Crippen LogP contribution in [0.3, 0.4) is 0 Å². The molecule has 2 atom stereocenters. The van der Waals surface area contributed by atoms with Crippen molar-refractivity contribution in [3.05, 3.63) is 78.9 Å². The number of carbonyl (C=O) groups excluding carboxylic acids is 2. The van der Waals surface area contributed by atoms with E-state index in [0.717, 1.165) is 35.6 Å². The van der Waals surface area contributed by atoms with Crippen molar-refractivity contribution in [3.63, 3.8) is 0 Å². The molecule has 2 aromatic carbocycles. The molecule has 0 N–H and O–H groups in total. The zero-order valence-electron chi connectivity index (χ0n) is 19.3. The van der Waals surface area contributed by atoms with Gasteiger partial charge < -0.3 is 14.2 Å². The molecule has 1 saturated heterocycles. The SMILES string of the molecule is C=CC(=O)OC(CCCCCCC)Oc1ccc(-c2ccc(C3CC(=C)C(=O)O3)cc2)cc1. The molecule has 0 radical (unpaired) electrons. The highest BCUT2D eigenvalue weighted by atomic mass is 16.7. The van der Waals surface area contributed by atoms with E-state index in [-0.39, 0.29) is 12.1 Å². The average Bonchev–Trinajstić information content (AvgIpc) is 3.17. The standard InChI is InChI=1S/C28H32O5/c1-4-6-7-8-9-10-27(33-26(29)5-2)31-24-17-15-22(16-18-24)21-11-13-23(14-12-21)25-19-20(3)28(30)32-25/h5,11-18,25,27H,2-4,6-10,19H2,1H3. The molecule has 1 fully saturated rings. The minimum atomic E-state index is -0.633. The lowest BCUT2D eigenvalue weighted by atomic mass is 10.00. The molecule has 0 spiro atoms. The Morgan fingerprint density at radius 1 is 1.06 bits per heavy atom. The van der Waals surface area contributed by atoms with E-state index in [9.17, 15) is 9.59 Å². The van der Waals surface area contributed by atoms with Crippen LogP contribution in [-0.4, -0.2) is 18.2 Å². The summed E-state index contributed by atoms with van der Waals surface area (Å²) in [6.07, 6.45) is 7.02. The summed E-state index contributed by atoms with van der Waals surface area (Å²) < 4.78 is 16.7. The second-order valence-electron chi connectivity index (χ2n) is 8.24. The second-order valence-corrected chi connectivity index (χ2v) is 8.24. The van der Waals surface area contributed by atoms with Crippen molar-refractivity contribution in [3.8, 4) is 16.9 Å². The van der Waals surface area contributed by atoms with Crippen LogP contribution < -0.4 is 4.74 Å². The highest BCUT2D eigenvalue weighted by Crippen LogP contribution is 2.33. The maximum Gasteiger partial charge on any atom is 0.334 e. The molecular formula is C28H32O5. The van der Waals surface area contributed by atoms with E-state index in [2.05, 4.69) is 20.1 Å². The van der Waals surface area contributed by atoms with Crippen molar-refractivity contribution in [2.75, 3.05) is 0 Å². The fourth-order valence-corrected chi connectivity index (χ4v) is 3.75. The quantitative estimate of drug-likeness (QED) is 0.157. The van der Waals surface area contributed by atoms with Gasteiger partial charge in [-0.1, -0.05) is 82.2 Å². The van der Waals surface area contributed by atoms with Gasteiger partial charge in [-0.25, -0.2) is 9.59 Å². The summed E-state index contributed by atoms with van der Waals surface area (Å²) >= 11 is 0. The van der Waals surface area contributed by atoms with Gasteiger partial charge in [0, 0.05) is 24.5 Å². The summed E-state index contributed by atoms with van der Waals surface area (Å²) in [7, 11) is 0. The summed E-state index contributed by atoms with van der Waals surface area (Å²) in [5.41, 5.74) is 3.54. The van der Waals surface area contributed by atoms with Gasteiger partial charge in [-0.2, -0.15) is 0 Å². The van der Waals surface area contributed by atoms with Crippen molar-refractivity contribution < 1.29 is 23.8 Å². The van der Waals surface area contributed by atoms with Crippen molar-refractivity contribution in [2.45, 2.75) is 64.3 Å². The molecule has 0 bridgehead atoms. The van der Waals surface area contributed by atoms with Gasteiger partial charge in [0.15, 0.2) is 0 Å². The van der Waals surface area contributed by atoms with Gasteiger partial charge in [0.2, 0.25) is 6.29 Å². The van der Waals surface area contributed by atoms with Crippen molar-refractivity contribution in [1.82, 2.24) is 0 Å². The van der Waals surface area contributed by atoms with Crippen LogP contribution >= 0.6 is 0 Å². The third kappa shape index (κ3) is 7.07. The summed E-state index contributed by atoms with van der Waals surface area (Å²) in [6.45, 7) is 9.38. The fraction of sp³-hybridized carbons (Fsp3) is 0.357. The van der Waals surface area contributed by atoms with Gasteiger partial charge in [0.1, 0.15) is 11.9 Å². The molecule has 174 valence electrons. The zero-order chi connectivity index (χ0) is 23.6. The number of hydrogen-bond acceptors (Lipinski definition) is 5. The van der Waals surface area contributed by atoms with E-state index in [4.69, 9.17) is 14.2 Å². The Morgan fingerprint density at radius 3 is 2.27 bits per heavy atom. The van der Waals surface area contributed by atoms with Crippen LogP contribution in [0, 0.1) is 0 Å². The zero-order valence-corrected chi connectivity index (χ0v) is 19.3. The number of cyclic esters (lactones) is 1. The minimum absolute atomic E-state index is 0.257. The number of unbranched alkanes of at least 4 members (excludes halogenated alkanes) is 4. The molecule has 0 aliphatic carbocycles. The Hall–Kier alpha value is -3.34. The Morgan fingerprint density at radius 2 is 1.70 bits per heavy atom. The van der Waals surface area contributed by atoms with E-state index in [0.29, 0.717) is 24.2 Å². The predicted octanol–water partition coefficient (Wildman–Crippen LogP) is 6.69. The topological polar surface area (TPSA) is 61.8 Å². The Balaban J connectivity index is 1.60. The van der Waals surface area contributed by atoms with Crippen LogP contribution in [0.25, 0.3) is 11.1 Å². The van der Waals surface area contributed by atoms with Crippen molar-refractivity contribution >= 4 is 11.9 Å². The number of esters is 2.